The molecule has 0 N–H and O–H groups in total. The molecule has 0 spiro atoms. The minimum atomic E-state index is -5.68. The lowest BCUT2D eigenvalue weighted by Crippen LogP contribution is -2.54. The Kier molecular flexibility index (Phi) is 7.47. The highest BCUT2D eigenvalue weighted by molar-refractivity contribution is 5.47. The summed E-state index contributed by atoms with van der Waals surface area (Å²) >= 11 is 0. The monoisotopic (exact) mass is 516 g/mol. The van der Waals surface area contributed by atoms with Gasteiger partial charge in [-0.3, -0.25) is 0 Å². The van der Waals surface area contributed by atoms with Crippen molar-refractivity contribution in [3.63, 3.8) is 0 Å². The molecule has 0 saturated carbocycles. The predicted molar refractivity (Wildman–Crippen MR) is 127 cm³/mol. The molecule has 0 unspecified atom stereocenters. The molecule has 0 aliphatic carbocycles. The van der Waals surface area contributed by atoms with Crippen molar-refractivity contribution in [3.05, 3.63) is 131 Å². The van der Waals surface area contributed by atoms with Gasteiger partial charge in [-0.05, 0) is 46.5 Å². The maximum atomic E-state index is 14.4. The normalized spacial score (nSPS) is 12.3. The van der Waals surface area contributed by atoms with Crippen molar-refractivity contribution in [1.29, 1.82) is 0 Å². The summed E-state index contributed by atoms with van der Waals surface area (Å²) in [5.74, 6) is 0.297. The molecule has 4 rings (SSSR count). The van der Waals surface area contributed by atoms with Crippen LogP contribution in [0.2, 0.25) is 0 Å². The highest BCUT2D eigenvalue weighted by atomic mass is 19.4. The van der Waals surface area contributed by atoms with E-state index in [1.54, 1.807) is 48.5 Å². The van der Waals surface area contributed by atoms with Crippen LogP contribution in [0.3, 0.4) is 0 Å². The molecular formula is C29H22F6O2. The fraction of sp³-hybridized carbons (Fsp3) is 0.172. The van der Waals surface area contributed by atoms with E-state index in [1.807, 2.05) is 12.1 Å². The summed E-state index contributed by atoms with van der Waals surface area (Å²) in [7, 11) is 0. The summed E-state index contributed by atoms with van der Waals surface area (Å²) in [5.41, 5.74) is -4.55. The van der Waals surface area contributed by atoms with Crippen molar-refractivity contribution in [2.24, 2.45) is 0 Å². The molecule has 4 aromatic rings. The number of alkyl halides is 6. The fourth-order valence-corrected chi connectivity index (χ4v) is 4.07. The van der Waals surface area contributed by atoms with Gasteiger partial charge in [0.05, 0.1) is 0 Å². The Morgan fingerprint density at radius 2 is 0.757 bits per heavy atom. The Balaban J connectivity index is 1.63. The second-order valence-corrected chi connectivity index (χ2v) is 8.34. The topological polar surface area (TPSA) is 18.5 Å². The summed E-state index contributed by atoms with van der Waals surface area (Å²) < 4.78 is 97.5. The largest absolute Gasteiger partial charge is 0.489 e. The second kappa shape index (κ2) is 10.6. The number of halogens is 6. The molecule has 192 valence electrons. The van der Waals surface area contributed by atoms with Gasteiger partial charge in [0.25, 0.3) is 0 Å². The second-order valence-electron chi connectivity index (χ2n) is 8.34. The minimum Gasteiger partial charge on any atom is -0.489 e. The Bertz CT molecular complexity index is 1160. The Hall–Kier alpha value is -3.94. The van der Waals surface area contributed by atoms with Crippen LogP contribution < -0.4 is 9.47 Å². The number of benzene rings is 4. The maximum absolute atomic E-state index is 14.4. The van der Waals surface area contributed by atoms with E-state index in [9.17, 15) is 26.3 Å². The summed E-state index contributed by atoms with van der Waals surface area (Å²) in [6.07, 6.45) is -11.4. The summed E-state index contributed by atoms with van der Waals surface area (Å²) in [6, 6.07) is 25.6. The molecule has 0 aliphatic heterocycles. The molecule has 0 amide bonds. The average molecular weight is 516 g/mol. The van der Waals surface area contributed by atoms with Crippen LogP contribution in [0, 0.1) is 0 Å². The third kappa shape index (κ3) is 5.58. The van der Waals surface area contributed by atoms with Crippen LogP contribution in [0.1, 0.15) is 22.3 Å². The van der Waals surface area contributed by atoms with Crippen molar-refractivity contribution >= 4 is 0 Å². The van der Waals surface area contributed by atoms with Gasteiger partial charge in [0, 0.05) is 0 Å². The SMILES string of the molecule is FC(F)(F)C(c1ccc(OCc2ccccc2)cc1)(c1ccc(OCc2ccccc2)cc1)C(F)(F)F. The first-order valence-corrected chi connectivity index (χ1v) is 11.3. The number of hydrogen-bond acceptors (Lipinski definition) is 2. The predicted octanol–water partition coefficient (Wildman–Crippen LogP) is 8.26. The van der Waals surface area contributed by atoms with E-state index in [4.69, 9.17) is 9.47 Å². The molecule has 0 aliphatic rings. The quantitative estimate of drug-likeness (QED) is 0.220. The van der Waals surface area contributed by atoms with Gasteiger partial charge < -0.3 is 9.47 Å². The Morgan fingerprint density at radius 3 is 1.05 bits per heavy atom. The zero-order valence-corrected chi connectivity index (χ0v) is 19.4. The van der Waals surface area contributed by atoms with Crippen LogP contribution in [-0.2, 0) is 18.6 Å². The highest BCUT2D eigenvalue weighted by Crippen LogP contribution is 2.56. The van der Waals surface area contributed by atoms with E-state index in [0.717, 1.165) is 59.7 Å². The first kappa shape index (κ1) is 26.1. The van der Waals surface area contributed by atoms with Crippen LogP contribution in [0.4, 0.5) is 26.3 Å². The van der Waals surface area contributed by atoms with Gasteiger partial charge >= 0.3 is 12.4 Å². The van der Waals surface area contributed by atoms with Gasteiger partial charge in [-0.25, -0.2) is 0 Å². The molecule has 0 radical (unpaired) electrons. The molecule has 0 heterocycles. The van der Waals surface area contributed by atoms with Crippen LogP contribution in [-0.4, -0.2) is 12.4 Å². The molecule has 0 saturated heterocycles. The molecule has 2 nitrogen and oxygen atoms in total. The first-order valence-electron chi connectivity index (χ1n) is 11.3. The zero-order chi connectivity index (χ0) is 26.5. The molecular weight excluding hydrogens is 494 g/mol. The lowest BCUT2D eigenvalue weighted by Gasteiger charge is -2.38. The molecule has 37 heavy (non-hydrogen) atoms. The van der Waals surface area contributed by atoms with Crippen LogP contribution in [0.5, 0.6) is 11.5 Å². The van der Waals surface area contributed by atoms with Crippen molar-refractivity contribution in [1.82, 2.24) is 0 Å². The Labute approximate surface area is 210 Å². The fourth-order valence-electron chi connectivity index (χ4n) is 4.07. The van der Waals surface area contributed by atoms with E-state index >= 15 is 0 Å². The van der Waals surface area contributed by atoms with Gasteiger partial charge in [0.15, 0.2) is 0 Å². The third-order valence-electron chi connectivity index (χ3n) is 5.92. The van der Waals surface area contributed by atoms with Crippen LogP contribution in [0.25, 0.3) is 0 Å². The average Bonchev–Trinajstić information content (AvgIpc) is 2.88. The maximum Gasteiger partial charge on any atom is 0.411 e. The minimum absolute atomic E-state index is 0.119. The summed E-state index contributed by atoms with van der Waals surface area (Å²) in [5, 5.41) is 0. The van der Waals surface area contributed by atoms with Gasteiger partial charge in [0.1, 0.15) is 24.7 Å². The number of rotatable bonds is 8. The van der Waals surface area contributed by atoms with Gasteiger partial charge in [-0.15, -0.1) is 0 Å². The van der Waals surface area contributed by atoms with Gasteiger partial charge in [0.2, 0.25) is 5.41 Å². The lowest BCUT2D eigenvalue weighted by atomic mass is 9.73. The Morgan fingerprint density at radius 1 is 0.432 bits per heavy atom. The molecule has 0 atom stereocenters. The van der Waals surface area contributed by atoms with Crippen molar-refractivity contribution in [2.45, 2.75) is 31.0 Å². The van der Waals surface area contributed by atoms with E-state index in [2.05, 4.69) is 0 Å². The van der Waals surface area contributed by atoms with Crippen LogP contribution in [0.15, 0.2) is 109 Å². The van der Waals surface area contributed by atoms with Crippen molar-refractivity contribution in [3.8, 4) is 11.5 Å². The molecule has 8 heteroatoms. The van der Waals surface area contributed by atoms with E-state index in [1.165, 1.54) is 0 Å². The molecule has 0 bridgehead atoms. The third-order valence-corrected chi connectivity index (χ3v) is 5.92. The smallest absolute Gasteiger partial charge is 0.411 e. The van der Waals surface area contributed by atoms with E-state index < -0.39 is 28.9 Å². The number of hydrogen-bond donors (Lipinski definition) is 0. The van der Waals surface area contributed by atoms with E-state index in [0.29, 0.717) is 0 Å². The van der Waals surface area contributed by atoms with Gasteiger partial charge in [-0.1, -0.05) is 84.9 Å². The summed E-state index contributed by atoms with van der Waals surface area (Å²) in [6.45, 7) is 0.239. The van der Waals surface area contributed by atoms with Crippen LogP contribution >= 0.6 is 0 Å². The molecule has 0 fully saturated rings. The molecule has 0 aromatic heterocycles. The zero-order valence-electron chi connectivity index (χ0n) is 19.4. The van der Waals surface area contributed by atoms with Gasteiger partial charge in [-0.2, -0.15) is 26.3 Å². The van der Waals surface area contributed by atoms with Crippen molar-refractivity contribution < 1.29 is 35.8 Å². The summed E-state index contributed by atoms with van der Waals surface area (Å²) in [4.78, 5) is 0. The highest BCUT2D eigenvalue weighted by Gasteiger charge is 2.72. The van der Waals surface area contributed by atoms with Crippen molar-refractivity contribution in [2.75, 3.05) is 0 Å². The van der Waals surface area contributed by atoms with E-state index in [-0.39, 0.29) is 24.7 Å². The molecule has 4 aromatic carbocycles. The first-order chi connectivity index (χ1) is 17.6. The lowest BCUT2D eigenvalue weighted by molar-refractivity contribution is -0.288. The number of ether oxygens (including phenoxy) is 2. The standard InChI is InChI=1S/C29H22F6O2/c30-28(31,32)27(29(33,34)35,23-11-15-25(16-12-23)36-19-21-7-3-1-4-8-21)24-13-17-26(18-14-24)37-20-22-9-5-2-6-10-22/h1-18H,19-20H2.